The van der Waals surface area contributed by atoms with Gasteiger partial charge in [0.15, 0.2) is 0 Å². The van der Waals surface area contributed by atoms with Gasteiger partial charge in [0.25, 0.3) is 0 Å². The van der Waals surface area contributed by atoms with Crippen molar-refractivity contribution in [1.82, 2.24) is 4.90 Å². The average Bonchev–Trinajstić information content (AvgIpc) is 2.68. The molecule has 0 unspecified atom stereocenters. The molecular weight excluding hydrogens is 389 g/mol. The molecular formula is C19H22F2N2O4S. The minimum Gasteiger partial charge on any atom is -0.495 e. The molecule has 1 heterocycles. The second kappa shape index (κ2) is 8.32. The maximum atomic E-state index is 13.0. The van der Waals surface area contributed by atoms with Crippen LogP contribution >= 0.6 is 0 Å². The standard InChI is InChI=1S/C19H22F2N2O4S/c1-22-8-10-23(11-9-22)17-13-16(6-7-18(17)26-2)28(24,25)15-5-3-4-14(12-15)27-19(20)21/h3-7,12-13,19H,8-11H2,1-2H3/i1-1. The molecule has 0 radical (unpaired) electrons. The van der Waals surface area contributed by atoms with E-state index in [2.05, 4.69) is 14.5 Å². The number of ether oxygens (including phenoxy) is 2. The highest BCUT2D eigenvalue weighted by molar-refractivity contribution is 7.91. The van der Waals surface area contributed by atoms with E-state index in [1.807, 2.05) is 7.05 Å². The molecule has 2 aromatic carbocycles. The quantitative estimate of drug-likeness (QED) is 0.729. The first-order valence-corrected chi connectivity index (χ1v) is 10.2. The number of nitrogens with zero attached hydrogens (tertiary/aromatic N) is 2. The Morgan fingerprint density at radius 3 is 2.32 bits per heavy atom. The van der Waals surface area contributed by atoms with Crippen molar-refractivity contribution in [3.05, 3.63) is 42.5 Å². The summed E-state index contributed by atoms with van der Waals surface area (Å²) in [5.74, 6) is 0.377. The summed E-state index contributed by atoms with van der Waals surface area (Å²) in [7, 11) is -0.344. The lowest BCUT2D eigenvalue weighted by Gasteiger charge is -2.34. The van der Waals surface area contributed by atoms with Crippen LogP contribution in [0, 0.1) is 0 Å². The SMILES string of the molecule is COc1ccc(S(=O)(=O)c2cccc(OC(F)F)c2)cc1N1CCN([11CH3])CC1. The van der Waals surface area contributed by atoms with Crippen LogP contribution in [0.25, 0.3) is 0 Å². The van der Waals surface area contributed by atoms with Crippen LogP contribution in [-0.2, 0) is 9.84 Å². The van der Waals surface area contributed by atoms with Gasteiger partial charge in [-0.2, -0.15) is 8.78 Å². The molecule has 1 aliphatic heterocycles. The van der Waals surface area contributed by atoms with E-state index in [9.17, 15) is 17.2 Å². The molecule has 0 saturated carbocycles. The number of hydrogen-bond donors (Lipinski definition) is 0. The molecule has 0 bridgehead atoms. The van der Waals surface area contributed by atoms with E-state index < -0.39 is 16.4 Å². The molecule has 0 spiro atoms. The summed E-state index contributed by atoms with van der Waals surface area (Å²) in [5.41, 5.74) is 0.691. The van der Waals surface area contributed by atoms with Crippen molar-refractivity contribution >= 4 is 15.5 Å². The highest BCUT2D eigenvalue weighted by atomic mass is 32.2. The van der Waals surface area contributed by atoms with Gasteiger partial charge in [0.1, 0.15) is 11.5 Å². The predicted octanol–water partition coefficient (Wildman–Crippen LogP) is 2.88. The molecule has 1 saturated heterocycles. The Morgan fingerprint density at radius 2 is 1.68 bits per heavy atom. The Kier molecular flexibility index (Phi) is 6.04. The van der Waals surface area contributed by atoms with Crippen LogP contribution < -0.4 is 14.4 Å². The highest BCUT2D eigenvalue weighted by Gasteiger charge is 2.24. The van der Waals surface area contributed by atoms with E-state index in [0.717, 1.165) is 32.2 Å². The minimum absolute atomic E-state index is 0.0661. The summed E-state index contributed by atoms with van der Waals surface area (Å²) in [6.07, 6.45) is 0. The third-order valence-corrected chi connectivity index (χ3v) is 6.39. The lowest BCUT2D eigenvalue weighted by Crippen LogP contribution is -2.44. The molecule has 2 aromatic rings. The van der Waals surface area contributed by atoms with Crippen LogP contribution in [0.2, 0.25) is 0 Å². The van der Waals surface area contributed by atoms with Gasteiger partial charge in [-0.3, -0.25) is 0 Å². The van der Waals surface area contributed by atoms with Gasteiger partial charge >= 0.3 is 6.61 Å². The molecule has 3 rings (SSSR count). The van der Waals surface area contributed by atoms with E-state index in [0.29, 0.717) is 11.4 Å². The summed E-state index contributed by atoms with van der Waals surface area (Å²) in [5, 5.41) is 0. The molecule has 6 nitrogen and oxygen atoms in total. The molecule has 28 heavy (non-hydrogen) atoms. The maximum absolute atomic E-state index is 13.0. The number of alkyl halides is 2. The van der Waals surface area contributed by atoms with Gasteiger partial charge < -0.3 is 19.3 Å². The number of likely N-dealkylation sites (N-methyl/N-ethyl adjacent to an activating group) is 1. The van der Waals surface area contributed by atoms with Gasteiger partial charge in [-0.1, -0.05) is 6.07 Å². The van der Waals surface area contributed by atoms with E-state index >= 15 is 0 Å². The van der Waals surface area contributed by atoms with Crippen molar-refractivity contribution in [2.75, 3.05) is 45.2 Å². The predicted molar refractivity (Wildman–Crippen MR) is 101 cm³/mol. The maximum Gasteiger partial charge on any atom is 0.387 e. The average molecular weight is 411 g/mol. The number of hydrogen-bond acceptors (Lipinski definition) is 6. The third kappa shape index (κ3) is 4.36. The Hall–Kier alpha value is -2.39. The zero-order chi connectivity index (χ0) is 20.3. The third-order valence-electron chi connectivity index (χ3n) is 4.65. The van der Waals surface area contributed by atoms with E-state index in [-0.39, 0.29) is 15.5 Å². The van der Waals surface area contributed by atoms with Crippen molar-refractivity contribution in [3.8, 4) is 11.5 Å². The fourth-order valence-electron chi connectivity index (χ4n) is 3.09. The van der Waals surface area contributed by atoms with E-state index in [4.69, 9.17) is 4.74 Å². The van der Waals surface area contributed by atoms with Crippen molar-refractivity contribution in [2.24, 2.45) is 0 Å². The Morgan fingerprint density at radius 1 is 1.00 bits per heavy atom. The summed E-state index contributed by atoms with van der Waals surface area (Å²) < 4.78 is 60.7. The number of anilines is 1. The monoisotopic (exact) mass is 411 g/mol. The Bertz CT molecular complexity index is 929. The molecule has 0 aromatic heterocycles. The van der Waals surface area contributed by atoms with Gasteiger partial charge in [0, 0.05) is 26.2 Å². The molecule has 1 fully saturated rings. The topological polar surface area (TPSA) is 59.1 Å². The van der Waals surface area contributed by atoms with Crippen LogP contribution in [0.1, 0.15) is 0 Å². The lowest BCUT2D eigenvalue weighted by molar-refractivity contribution is -0.0499. The number of piperazine rings is 1. The normalized spacial score (nSPS) is 15.7. The minimum atomic E-state index is -3.91. The van der Waals surface area contributed by atoms with Crippen molar-refractivity contribution in [1.29, 1.82) is 0 Å². The zero-order valence-electron chi connectivity index (χ0n) is 15.6. The summed E-state index contributed by atoms with van der Waals surface area (Å²) in [6.45, 7) is 0.172. The second-order valence-corrected chi connectivity index (χ2v) is 8.43. The molecule has 0 aliphatic carbocycles. The molecule has 1 aliphatic rings. The highest BCUT2D eigenvalue weighted by Crippen LogP contribution is 2.34. The summed E-state index contributed by atoms with van der Waals surface area (Å²) in [6, 6.07) is 9.74. The largest absolute Gasteiger partial charge is 0.495 e. The van der Waals surface area contributed by atoms with E-state index in [1.165, 1.54) is 31.4 Å². The van der Waals surface area contributed by atoms with Crippen LogP contribution in [-0.4, -0.2) is 60.3 Å². The first kappa shape index (κ1) is 20.3. The van der Waals surface area contributed by atoms with Crippen LogP contribution in [0.15, 0.2) is 52.3 Å². The molecule has 9 heteroatoms. The molecule has 0 N–H and O–H groups in total. The van der Waals surface area contributed by atoms with Crippen molar-refractivity contribution in [3.63, 3.8) is 0 Å². The first-order valence-electron chi connectivity index (χ1n) is 8.73. The van der Waals surface area contributed by atoms with Gasteiger partial charge in [-0.25, -0.2) is 8.42 Å². The van der Waals surface area contributed by atoms with Gasteiger partial charge in [-0.15, -0.1) is 0 Å². The van der Waals surface area contributed by atoms with Crippen molar-refractivity contribution in [2.45, 2.75) is 16.4 Å². The fourth-order valence-corrected chi connectivity index (χ4v) is 4.40. The van der Waals surface area contributed by atoms with Crippen LogP contribution in [0.5, 0.6) is 11.5 Å². The number of rotatable bonds is 6. The second-order valence-electron chi connectivity index (χ2n) is 6.48. The van der Waals surface area contributed by atoms with Gasteiger partial charge in [0.2, 0.25) is 9.84 Å². The Balaban J connectivity index is 1.97. The summed E-state index contributed by atoms with van der Waals surface area (Å²) >= 11 is 0. The van der Waals surface area contributed by atoms with Crippen LogP contribution in [0.4, 0.5) is 14.5 Å². The Labute approximate surface area is 163 Å². The zero-order valence-corrected chi connectivity index (χ0v) is 16.5. The summed E-state index contributed by atoms with van der Waals surface area (Å²) in [4.78, 5) is 4.23. The molecule has 0 amide bonds. The smallest absolute Gasteiger partial charge is 0.387 e. The number of halogens is 2. The fraction of sp³-hybridized carbons (Fsp3) is 0.368. The number of benzene rings is 2. The molecule has 152 valence electrons. The number of methoxy groups -OCH3 is 1. The van der Waals surface area contributed by atoms with Crippen LogP contribution in [0.3, 0.4) is 0 Å². The lowest BCUT2D eigenvalue weighted by atomic mass is 10.2. The molecule has 0 atom stereocenters. The number of sulfone groups is 1. The van der Waals surface area contributed by atoms with Gasteiger partial charge in [0.05, 0.1) is 22.6 Å². The van der Waals surface area contributed by atoms with Crippen molar-refractivity contribution < 1.29 is 26.7 Å². The van der Waals surface area contributed by atoms with Gasteiger partial charge in [-0.05, 0) is 43.4 Å². The van der Waals surface area contributed by atoms with E-state index in [1.54, 1.807) is 12.1 Å². The first-order chi connectivity index (χ1) is 13.3.